The molecule has 0 spiro atoms. The van der Waals surface area contributed by atoms with E-state index in [1.165, 1.54) is 6.20 Å². The van der Waals surface area contributed by atoms with Gasteiger partial charge >= 0.3 is 0 Å². The molecule has 0 fully saturated rings. The van der Waals surface area contributed by atoms with Crippen molar-refractivity contribution in [3.8, 4) is 0 Å². The molecule has 0 amide bonds. The SMILES string of the molecule is NCCNC=CO. The van der Waals surface area contributed by atoms with Crippen molar-refractivity contribution in [1.29, 1.82) is 0 Å². The maximum atomic E-state index is 8.01. The molecule has 0 unspecified atom stereocenters. The van der Waals surface area contributed by atoms with Crippen LogP contribution in [0.2, 0.25) is 0 Å². The van der Waals surface area contributed by atoms with Crippen LogP contribution in [0.4, 0.5) is 0 Å². The number of rotatable bonds is 3. The van der Waals surface area contributed by atoms with Crippen LogP contribution in [0.15, 0.2) is 12.5 Å². The molecule has 4 N–H and O–H groups in total. The lowest BCUT2D eigenvalue weighted by molar-refractivity contribution is 0.468. The number of nitrogens with one attached hydrogen (secondary N) is 1. The molecule has 0 saturated heterocycles. The maximum Gasteiger partial charge on any atom is 0.0948 e. The Bertz CT molecular complexity index is 53.7. The first-order valence-electron chi connectivity index (χ1n) is 2.14. The zero-order chi connectivity index (χ0) is 5.54. The lowest BCUT2D eigenvalue weighted by atomic mass is 10.6. The first-order chi connectivity index (χ1) is 3.41. The van der Waals surface area contributed by atoms with E-state index in [9.17, 15) is 0 Å². The summed E-state index contributed by atoms with van der Waals surface area (Å²) in [6.07, 6.45) is 2.38. The Kier molecular flexibility index (Phi) is 4.77. The summed E-state index contributed by atoms with van der Waals surface area (Å²) < 4.78 is 0. The molecule has 0 atom stereocenters. The van der Waals surface area contributed by atoms with E-state index in [4.69, 9.17) is 10.8 Å². The predicted molar refractivity (Wildman–Crippen MR) is 28.8 cm³/mol. The second kappa shape index (κ2) is 5.30. The van der Waals surface area contributed by atoms with Gasteiger partial charge in [-0.25, -0.2) is 0 Å². The van der Waals surface area contributed by atoms with Crippen molar-refractivity contribution in [2.75, 3.05) is 13.1 Å². The molecule has 0 bridgehead atoms. The molecule has 0 aromatic carbocycles. The van der Waals surface area contributed by atoms with Gasteiger partial charge in [-0.15, -0.1) is 0 Å². The Labute approximate surface area is 42.8 Å². The van der Waals surface area contributed by atoms with Gasteiger partial charge in [0.2, 0.25) is 0 Å². The van der Waals surface area contributed by atoms with Crippen LogP contribution in [-0.4, -0.2) is 18.2 Å². The Hall–Kier alpha value is -0.700. The number of aliphatic hydroxyl groups excluding tert-OH is 1. The van der Waals surface area contributed by atoms with Crippen LogP contribution in [-0.2, 0) is 0 Å². The minimum Gasteiger partial charge on any atom is -0.514 e. The van der Waals surface area contributed by atoms with Gasteiger partial charge in [-0.2, -0.15) is 0 Å². The van der Waals surface area contributed by atoms with Crippen LogP contribution in [0.1, 0.15) is 0 Å². The molecule has 0 aromatic rings. The van der Waals surface area contributed by atoms with Crippen LogP contribution in [0.25, 0.3) is 0 Å². The molecule has 0 aromatic heterocycles. The summed E-state index contributed by atoms with van der Waals surface area (Å²) in [7, 11) is 0. The Morgan fingerprint density at radius 1 is 1.71 bits per heavy atom. The van der Waals surface area contributed by atoms with Gasteiger partial charge in [0.25, 0.3) is 0 Å². The van der Waals surface area contributed by atoms with Crippen LogP contribution in [0, 0.1) is 0 Å². The van der Waals surface area contributed by atoms with E-state index in [2.05, 4.69) is 5.32 Å². The average molecular weight is 102 g/mol. The summed E-state index contributed by atoms with van der Waals surface area (Å²) >= 11 is 0. The zero-order valence-corrected chi connectivity index (χ0v) is 4.09. The minimum atomic E-state index is 0.588. The van der Waals surface area contributed by atoms with Crippen molar-refractivity contribution in [2.24, 2.45) is 5.73 Å². The van der Waals surface area contributed by atoms with Crippen molar-refractivity contribution in [2.45, 2.75) is 0 Å². The first kappa shape index (κ1) is 6.30. The summed E-state index contributed by atoms with van der Waals surface area (Å²) in [4.78, 5) is 0. The van der Waals surface area contributed by atoms with E-state index in [-0.39, 0.29) is 0 Å². The van der Waals surface area contributed by atoms with Crippen molar-refractivity contribution in [3.63, 3.8) is 0 Å². The van der Waals surface area contributed by atoms with E-state index in [1.807, 2.05) is 0 Å². The highest BCUT2D eigenvalue weighted by atomic mass is 16.2. The molecule has 3 heteroatoms. The smallest absolute Gasteiger partial charge is 0.0948 e. The van der Waals surface area contributed by atoms with Gasteiger partial charge in [-0.05, 0) is 0 Å². The molecule has 0 saturated carbocycles. The molecular formula is C4H10N2O. The highest BCUT2D eigenvalue weighted by Crippen LogP contribution is 1.55. The quantitative estimate of drug-likeness (QED) is 0.334. The fraction of sp³-hybridized carbons (Fsp3) is 0.500. The van der Waals surface area contributed by atoms with Gasteiger partial charge in [0.15, 0.2) is 0 Å². The van der Waals surface area contributed by atoms with E-state index in [1.54, 1.807) is 0 Å². The van der Waals surface area contributed by atoms with E-state index >= 15 is 0 Å². The molecule has 0 aliphatic rings. The van der Waals surface area contributed by atoms with Crippen molar-refractivity contribution < 1.29 is 5.11 Å². The molecule has 0 rings (SSSR count). The Morgan fingerprint density at radius 2 is 2.43 bits per heavy atom. The van der Waals surface area contributed by atoms with Gasteiger partial charge in [0, 0.05) is 19.3 Å². The summed E-state index contributed by atoms with van der Waals surface area (Å²) in [5.74, 6) is 0. The lowest BCUT2D eigenvalue weighted by Crippen LogP contribution is -2.16. The third-order valence-electron chi connectivity index (χ3n) is 0.481. The molecule has 7 heavy (non-hydrogen) atoms. The molecule has 0 aliphatic heterocycles. The highest BCUT2D eigenvalue weighted by molar-refractivity contribution is 4.67. The summed E-state index contributed by atoms with van der Waals surface area (Å²) in [5.41, 5.74) is 5.09. The normalized spacial score (nSPS) is 9.86. The lowest BCUT2D eigenvalue weighted by Gasteiger charge is -1.90. The van der Waals surface area contributed by atoms with Crippen LogP contribution < -0.4 is 11.1 Å². The first-order valence-corrected chi connectivity index (χ1v) is 2.14. The fourth-order valence-corrected chi connectivity index (χ4v) is 0.219. The van der Waals surface area contributed by atoms with E-state index in [0.717, 1.165) is 6.26 Å². The van der Waals surface area contributed by atoms with Gasteiger partial charge in [0.1, 0.15) is 0 Å². The average Bonchev–Trinajstić information content (AvgIpc) is 1.69. The topological polar surface area (TPSA) is 58.3 Å². The van der Waals surface area contributed by atoms with Gasteiger partial charge in [-0.1, -0.05) is 0 Å². The molecule has 0 aliphatic carbocycles. The molecule has 0 heterocycles. The summed E-state index contributed by atoms with van der Waals surface area (Å²) in [6, 6.07) is 0. The number of nitrogens with two attached hydrogens (primary N) is 1. The summed E-state index contributed by atoms with van der Waals surface area (Å²) in [5, 5.41) is 10.7. The minimum absolute atomic E-state index is 0.588. The third kappa shape index (κ3) is 5.30. The summed E-state index contributed by atoms with van der Waals surface area (Å²) in [6.45, 7) is 1.29. The van der Waals surface area contributed by atoms with Gasteiger partial charge in [-0.3, -0.25) is 0 Å². The largest absolute Gasteiger partial charge is 0.514 e. The van der Waals surface area contributed by atoms with Gasteiger partial charge in [0.05, 0.1) is 6.26 Å². The number of aliphatic hydroxyl groups is 1. The highest BCUT2D eigenvalue weighted by Gasteiger charge is 1.69. The molecule has 0 radical (unpaired) electrons. The van der Waals surface area contributed by atoms with Crippen LogP contribution >= 0.6 is 0 Å². The van der Waals surface area contributed by atoms with Crippen molar-refractivity contribution in [3.05, 3.63) is 12.5 Å². The van der Waals surface area contributed by atoms with E-state index < -0.39 is 0 Å². The second-order valence-electron chi connectivity index (χ2n) is 1.06. The molecular weight excluding hydrogens is 92.1 g/mol. The van der Waals surface area contributed by atoms with Gasteiger partial charge < -0.3 is 16.2 Å². The van der Waals surface area contributed by atoms with Crippen LogP contribution in [0.5, 0.6) is 0 Å². The number of hydrogen-bond acceptors (Lipinski definition) is 3. The number of hydrogen-bond donors (Lipinski definition) is 3. The van der Waals surface area contributed by atoms with Crippen molar-refractivity contribution >= 4 is 0 Å². The van der Waals surface area contributed by atoms with Crippen LogP contribution in [0.3, 0.4) is 0 Å². The Morgan fingerprint density at radius 3 is 2.86 bits per heavy atom. The predicted octanol–water partition coefficient (Wildman–Crippen LogP) is -0.436. The third-order valence-corrected chi connectivity index (χ3v) is 0.481. The van der Waals surface area contributed by atoms with Crippen molar-refractivity contribution in [1.82, 2.24) is 5.32 Å². The monoisotopic (exact) mass is 102 g/mol. The zero-order valence-electron chi connectivity index (χ0n) is 4.09. The maximum absolute atomic E-state index is 8.01. The second-order valence-corrected chi connectivity index (χ2v) is 1.06. The standard InChI is InChI=1S/C4H10N2O/c5-1-2-6-3-4-7/h3-4,6-7H,1-2,5H2. The molecule has 42 valence electrons. The Balaban J connectivity index is 2.69. The molecule has 3 nitrogen and oxygen atoms in total. The fourth-order valence-electron chi connectivity index (χ4n) is 0.219. The van der Waals surface area contributed by atoms with E-state index in [0.29, 0.717) is 13.1 Å².